The van der Waals surface area contributed by atoms with Crippen LogP contribution >= 0.6 is 24.0 Å². The number of anilines is 1. The van der Waals surface area contributed by atoms with E-state index < -0.39 is 0 Å². The number of nitrogens with two attached hydrogens (primary N) is 1. The molecule has 1 unspecified atom stereocenters. The second-order valence-corrected chi connectivity index (χ2v) is 7.34. The van der Waals surface area contributed by atoms with Gasteiger partial charge >= 0.3 is 0 Å². The lowest BCUT2D eigenvalue weighted by Crippen LogP contribution is -2.46. The fourth-order valence-electron chi connectivity index (χ4n) is 3.94. The number of piperidine rings is 1. The van der Waals surface area contributed by atoms with Gasteiger partial charge in [0.05, 0.1) is 0 Å². The van der Waals surface area contributed by atoms with Crippen molar-refractivity contribution in [2.75, 3.05) is 31.6 Å². The van der Waals surface area contributed by atoms with Gasteiger partial charge in [-0.2, -0.15) is 0 Å². The average Bonchev–Trinajstić information content (AvgIpc) is 3.08. The fraction of sp³-hybridized carbons (Fsp3) is 0.550. The zero-order valence-electron chi connectivity index (χ0n) is 16.4. The zero-order chi connectivity index (χ0) is 19.2. The van der Waals surface area contributed by atoms with Gasteiger partial charge in [0.25, 0.3) is 0 Å². The summed E-state index contributed by atoms with van der Waals surface area (Å²) < 4.78 is 0. The smallest absolute Gasteiger partial charge is 0.227 e. The highest BCUT2D eigenvalue weighted by atomic mass is 127. The van der Waals surface area contributed by atoms with Crippen LogP contribution in [0.2, 0.25) is 0 Å². The molecule has 0 aromatic heterocycles. The number of primary amides is 1. The Morgan fingerprint density at radius 1 is 1.25 bits per heavy atom. The molecule has 1 atom stereocenters. The summed E-state index contributed by atoms with van der Waals surface area (Å²) in [7, 11) is 1.78. The Balaban J connectivity index is 0.00000280. The van der Waals surface area contributed by atoms with E-state index in [2.05, 4.69) is 15.2 Å². The molecule has 0 saturated carbocycles. The van der Waals surface area contributed by atoms with Gasteiger partial charge in [-0.05, 0) is 42.9 Å². The SMILES string of the molecule is CN=C(NCc1ccc(N2CCCC2=O)cc1)N1CCCC(CC(N)=O)C1.I. The summed E-state index contributed by atoms with van der Waals surface area (Å²) in [5, 5.41) is 3.41. The Morgan fingerprint density at radius 2 is 2.00 bits per heavy atom. The van der Waals surface area contributed by atoms with Crippen LogP contribution in [0.3, 0.4) is 0 Å². The first kappa shape index (κ1) is 22.4. The van der Waals surface area contributed by atoms with Crippen molar-refractivity contribution in [1.29, 1.82) is 0 Å². The fourth-order valence-corrected chi connectivity index (χ4v) is 3.94. The number of hydrogen-bond acceptors (Lipinski definition) is 3. The highest BCUT2D eigenvalue weighted by Crippen LogP contribution is 2.22. The normalized spacial score (nSPS) is 20.1. The van der Waals surface area contributed by atoms with Gasteiger partial charge in [0, 0.05) is 51.8 Å². The molecule has 28 heavy (non-hydrogen) atoms. The number of nitrogens with one attached hydrogen (secondary N) is 1. The molecule has 0 spiro atoms. The van der Waals surface area contributed by atoms with Crippen LogP contribution in [0.25, 0.3) is 0 Å². The van der Waals surface area contributed by atoms with E-state index in [-0.39, 0.29) is 35.8 Å². The lowest BCUT2D eigenvalue weighted by molar-refractivity contribution is -0.119. The third-order valence-corrected chi connectivity index (χ3v) is 5.29. The molecule has 7 nitrogen and oxygen atoms in total. The van der Waals surface area contributed by atoms with Crippen molar-refractivity contribution in [3.63, 3.8) is 0 Å². The predicted octanol–water partition coefficient (Wildman–Crippen LogP) is 2.09. The summed E-state index contributed by atoms with van der Waals surface area (Å²) in [5.41, 5.74) is 7.45. The maximum atomic E-state index is 11.8. The number of amides is 2. The summed E-state index contributed by atoms with van der Waals surface area (Å²) in [5.74, 6) is 1.12. The first-order valence-corrected chi connectivity index (χ1v) is 9.70. The van der Waals surface area contributed by atoms with Crippen molar-refractivity contribution in [2.24, 2.45) is 16.6 Å². The quantitative estimate of drug-likeness (QED) is 0.369. The minimum atomic E-state index is -0.235. The third-order valence-electron chi connectivity index (χ3n) is 5.29. The zero-order valence-corrected chi connectivity index (χ0v) is 18.7. The molecule has 3 rings (SSSR count). The maximum absolute atomic E-state index is 11.8. The van der Waals surface area contributed by atoms with E-state index in [4.69, 9.17) is 5.73 Å². The standard InChI is InChI=1S/C20H29N5O2.HI/c1-22-20(24-10-2-4-16(14-24)12-18(21)26)23-13-15-6-8-17(9-7-15)25-11-3-5-19(25)27;/h6-9,16H,2-5,10-14H2,1H3,(H2,21,26)(H,22,23);1H. The van der Waals surface area contributed by atoms with Crippen molar-refractivity contribution in [3.05, 3.63) is 29.8 Å². The van der Waals surface area contributed by atoms with Gasteiger partial charge < -0.3 is 20.9 Å². The predicted molar refractivity (Wildman–Crippen MR) is 122 cm³/mol. The number of aliphatic imine (C=N–C) groups is 1. The van der Waals surface area contributed by atoms with Crippen molar-refractivity contribution in [3.8, 4) is 0 Å². The second kappa shape index (κ2) is 10.6. The van der Waals surface area contributed by atoms with Crippen LogP contribution in [0.15, 0.2) is 29.3 Å². The summed E-state index contributed by atoms with van der Waals surface area (Å²) in [4.78, 5) is 31.5. The average molecular weight is 499 g/mol. The molecule has 3 N–H and O–H groups in total. The minimum absolute atomic E-state index is 0. The van der Waals surface area contributed by atoms with Crippen LogP contribution in [0, 0.1) is 5.92 Å². The Kier molecular flexibility index (Phi) is 8.53. The van der Waals surface area contributed by atoms with Gasteiger partial charge in [-0.15, -0.1) is 24.0 Å². The van der Waals surface area contributed by atoms with Gasteiger partial charge in [0.2, 0.25) is 11.8 Å². The number of guanidine groups is 1. The van der Waals surface area contributed by atoms with Gasteiger partial charge in [-0.3, -0.25) is 14.6 Å². The minimum Gasteiger partial charge on any atom is -0.370 e. The summed E-state index contributed by atoms with van der Waals surface area (Å²) in [6.07, 6.45) is 4.09. The van der Waals surface area contributed by atoms with E-state index in [0.29, 0.717) is 25.3 Å². The lowest BCUT2D eigenvalue weighted by Gasteiger charge is -2.34. The number of carbonyl (C=O) groups is 2. The largest absolute Gasteiger partial charge is 0.370 e. The van der Waals surface area contributed by atoms with Crippen LogP contribution < -0.4 is 16.0 Å². The molecule has 2 fully saturated rings. The molecule has 1 aromatic rings. The topological polar surface area (TPSA) is 91.0 Å². The van der Waals surface area contributed by atoms with Crippen LogP contribution in [0.5, 0.6) is 0 Å². The molecular weight excluding hydrogens is 469 g/mol. The number of nitrogens with zero attached hydrogens (tertiary/aromatic N) is 3. The molecule has 2 aliphatic rings. The summed E-state index contributed by atoms with van der Waals surface area (Å²) in [6, 6.07) is 8.11. The molecule has 2 amide bonds. The molecule has 1 aromatic carbocycles. The first-order valence-electron chi connectivity index (χ1n) is 9.70. The Bertz CT molecular complexity index is 707. The highest BCUT2D eigenvalue weighted by Gasteiger charge is 2.24. The summed E-state index contributed by atoms with van der Waals surface area (Å²) in [6.45, 7) is 3.21. The number of halogens is 1. The van der Waals surface area contributed by atoms with Crippen LogP contribution in [-0.4, -0.2) is 49.4 Å². The molecule has 0 aliphatic carbocycles. The molecule has 2 heterocycles. The molecule has 8 heteroatoms. The molecule has 0 radical (unpaired) electrons. The molecule has 2 saturated heterocycles. The highest BCUT2D eigenvalue weighted by molar-refractivity contribution is 14.0. The number of hydrogen-bond donors (Lipinski definition) is 2. The van der Waals surface area contributed by atoms with E-state index in [1.807, 2.05) is 29.2 Å². The Hall–Kier alpha value is -1.84. The van der Waals surface area contributed by atoms with Gasteiger partial charge in [-0.1, -0.05) is 12.1 Å². The first-order chi connectivity index (χ1) is 13.1. The van der Waals surface area contributed by atoms with Crippen molar-refractivity contribution in [2.45, 2.75) is 38.6 Å². The van der Waals surface area contributed by atoms with Crippen LogP contribution in [0.4, 0.5) is 5.69 Å². The lowest BCUT2D eigenvalue weighted by atomic mass is 9.95. The molecule has 2 aliphatic heterocycles. The number of carbonyl (C=O) groups excluding carboxylic acids is 2. The molecular formula is C20H30IN5O2. The Labute approximate surface area is 183 Å². The Morgan fingerprint density at radius 3 is 2.61 bits per heavy atom. The van der Waals surface area contributed by atoms with Crippen molar-refractivity contribution < 1.29 is 9.59 Å². The number of benzene rings is 1. The van der Waals surface area contributed by atoms with Crippen molar-refractivity contribution >= 4 is 47.4 Å². The van der Waals surface area contributed by atoms with E-state index in [1.54, 1.807) is 7.05 Å². The monoisotopic (exact) mass is 499 g/mol. The van der Waals surface area contributed by atoms with Crippen molar-refractivity contribution in [1.82, 2.24) is 10.2 Å². The molecule has 0 bridgehead atoms. The van der Waals surface area contributed by atoms with E-state index in [1.165, 1.54) is 0 Å². The van der Waals surface area contributed by atoms with E-state index in [0.717, 1.165) is 56.1 Å². The van der Waals surface area contributed by atoms with Crippen LogP contribution in [0.1, 0.15) is 37.7 Å². The maximum Gasteiger partial charge on any atom is 0.227 e. The summed E-state index contributed by atoms with van der Waals surface area (Å²) >= 11 is 0. The number of rotatable bonds is 5. The van der Waals surface area contributed by atoms with Gasteiger partial charge in [0.15, 0.2) is 5.96 Å². The van der Waals surface area contributed by atoms with E-state index >= 15 is 0 Å². The van der Waals surface area contributed by atoms with Gasteiger partial charge in [0.1, 0.15) is 0 Å². The second-order valence-electron chi connectivity index (χ2n) is 7.34. The van der Waals surface area contributed by atoms with E-state index in [9.17, 15) is 9.59 Å². The number of likely N-dealkylation sites (tertiary alicyclic amines) is 1. The molecule has 154 valence electrons. The third kappa shape index (κ3) is 5.83. The van der Waals surface area contributed by atoms with Crippen LogP contribution in [-0.2, 0) is 16.1 Å². The van der Waals surface area contributed by atoms with Gasteiger partial charge in [-0.25, -0.2) is 0 Å².